The highest BCUT2D eigenvalue weighted by molar-refractivity contribution is 5.85. The van der Waals surface area contributed by atoms with E-state index in [0.29, 0.717) is 5.75 Å². The maximum absolute atomic E-state index is 12.4. The van der Waals surface area contributed by atoms with Crippen LogP contribution in [0.5, 0.6) is 11.5 Å². The maximum Gasteiger partial charge on any atom is 0.304 e. The summed E-state index contributed by atoms with van der Waals surface area (Å²) in [5, 5.41) is 14.7. The lowest BCUT2D eigenvalue weighted by atomic mass is 9.87. The number of carbonyl (C=O) groups excluding carboxylic acids is 1. The fourth-order valence-electron chi connectivity index (χ4n) is 5.05. The van der Waals surface area contributed by atoms with Gasteiger partial charge in [-0.3, -0.25) is 9.59 Å². The summed E-state index contributed by atoms with van der Waals surface area (Å²) in [6.07, 6.45) is 6.94. The Hall–Kier alpha value is -3.54. The van der Waals surface area contributed by atoms with Gasteiger partial charge in [-0.2, -0.15) is 0 Å². The van der Waals surface area contributed by atoms with Gasteiger partial charge < -0.3 is 19.9 Å². The van der Waals surface area contributed by atoms with E-state index < -0.39 is 5.97 Å². The van der Waals surface area contributed by atoms with Crippen LogP contribution in [0.3, 0.4) is 0 Å². The van der Waals surface area contributed by atoms with Crippen molar-refractivity contribution in [3.8, 4) is 11.5 Å². The first-order valence-electron chi connectivity index (χ1n) is 13.3. The minimum Gasteiger partial charge on any atom is -0.491 e. The average molecular weight is 504 g/mol. The molecular formula is C31H37NO5. The van der Waals surface area contributed by atoms with Gasteiger partial charge in [-0.25, -0.2) is 0 Å². The molecule has 1 saturated carbocycles. The molecule has 0 spiro atoms. The Morgan fingerprint density at radius 3 is 2.19 bits per heavy atom. The third-order valence-electron chi connectivity index (χ3n) is 6.86. The van der Waals surface area contributed by atoms with Crippen molar-refractivity contribution < 1.29 is 24.2 Å². The van der Waals surface area contributed by atoms with Gasteiger partial charge in [0.15, 0.2) is 6.61 Å². The predicted molar refractivity (Wildman–Crippen MR) is 145 cm³/mol. The van der Waals surface area contributed by atoms with Gasteiger partial charge in [-0.1, -0.05) is 62.1 Å². The second-order valence-electron chi connectivity index (χ2n) is 10.2. The van der Waals surface area contributed by atoms with E-state index >= 15 is 0 Å². The Labute approximate surface area is 219 Å². The maximum atomic E-state index is 12.4. The van der Waals surface area contributed by atoms with E-state index in [1.807, 2.05) is 74.5 Å². The second-order valence-corrected chi connectivity index (χ2v) is 10.2. The van der Waals surface area contributed by atoms with E-state index in [1.165, 1.54) is 12.8 Å². The molecular weight excluding hydrogens is 466 g/mol. The topological polar surface area (TPSA) is 84.9 Å². The van der Waals surface area contributed by atoms with Crippen molar-refractivity contribution in [2.75, 3.05) is 6.61 Å². The molecule has 6 heteroatoms. The summed E-state index contributed by atoms with van der Waals surface area (Å²) >= 11 is 0. The number of hydrogen-bond donors (Lipinski definition) is 2. The monoisotopic (exact) mass is 503 g/mol. The van der Waals surface area contributed by atoms with Crippen molar-refractivity contribution in [1.82, 2.24) is 5.32 Å². The van der Waals surface area contributed by atoms with Crippen LogP contribution in [-0.4, -0.2) is 35.7 Å². The molecule has 1 fully saturated rings. The number of amides is 1. The fraction of sp³-hybridized carbons (Fsp3) is 0.419. The van der Waals surface area contributed by atoms with E-state index in [1.54, 1.807) is 0 Å². The zero-order chi connectivity index (χ0) is 26.2. The number of nitrogens with one attached hydrogen (secondary N) is 1. The van der Waals surface area contributed by atoms with Crippen LogP contribution in [-0.2, 0) is 9.59 Å². The standard InChI is InChI=1S/C31H37NO5/c1-21(2)37-27-14-12-23(13-15-27)29(19-31(34)35)24-10-9-22-11-16-28(18-25(22)17-24)36-20-30(33)32-26-7-5-3-4-6-8-26/h9-18,21,26,29H,3-8,19-20H2,1-2H3,(H,32,33)(H,34,35). The molecule has 196 valence electrons. The molecule has 0 radical (unpaired) electrons. The first kappa shape index (κ1) is 26.5. The molecule has 1 aliphatic rings. The number of carboxylic acid groups (broad SMARTS) is 1. The highest BCUT2D eigenvalue weighted by Crippen LogP contribution is 2.32. The van der Waals surface area contributed by atoms with Crippen LogP contribution in [0.1, 0.15) is 75.8 Å². The van der Waals surface area contributed by atoms with E-state index in [9.17, 15) is 14.7 Å². The van der Waals surface area contributed by atoms with Crippen LogP contribution < -0.4 is 14.8 Å². The van der Waals surface area contributed by atoms with Crippen molar-refractivity contribution >= 4 is 22.6 Å². The van der Waals surface area contributed by atoms with Crippen LogP contribution >= 0.6 is 0 Å². The summed E-state index contributed by atoms with van der Waals surface area (Å²) in [6.45, 7) is 3.92. The SMILES string of the molecule is CC(C)Oc1ccc(C(CC(=O)O)c2ccc3ccc(OCC(=O)NC4CCCCCC4)cc3c2)cc1. The molecule has 1 amide bonds. The molecule has 1 atom stereocenters. The number of aliphatic carboxylic acids is 1. The van der Waals surface area contributed by atoms with Crippen LogP contribution in [0, 0.1) is 0 Å². The highest BCUT2D eigenvalue weighted by Gasteiger charge is 2.19. The summed E-state index contributed by atoms with van der Waals surface area (Å²) in [4.78, 5) is 24.2. The van der Waals surface area contributed by atoms with E-state index in [2.05, 4.69) is 5.32 Å². The van der Waals surface area contributed by atoms with Gasteiger partial charge >= 0.3 is 5.97 Å². The second kappa shape index (κ2) is 12.6. The number of benzene rings is 3. The van der Waals surface area contributed by atoms with Crippen molar-refractivity contribution in [3.63, 3.8) is 0 Å². The number of hydrogen-bond acceptors (Lipinski definition) is 4. The molecule has 1 aliphatic carbocycles. The summed E-state index contributed by atoms with van der Waals surface area (Å²) in [5.74, 6) is 0.128. The van der Waals surface area contributed by atoms with Gasteiger partial charge in [0.2, 0.25) is 0 Å². The van der Waals surface area contributed by atoms with Crippen LogP contribution in [0.15, 0.2) is 60.7 Å². The van der Waals surface area contributed by atoms with Crippen LogP contribution in [0.25, 0.3) is 10.8 Å². The number of carboxylic acids is 1. The summed E-state index contributed by atoms with van der Waals surface area (Å²) in [7, 11) is 0. The van der Waals surface area contributed by atoms with Gasteiger partial charge in [-0.05, 0) is 72.9 Å². The zero-order valence-electron chi connectivity index (χ0n) is 21.7. The van der Waals surface area contributed by atoms with Crippen molar-refractivity contribution in [3.05, 3.63) is 71.8 Å². The molecule has 3 aromatic rings. The van der Waals surface area contributed by atoms with Crippen molar-refractivity contribution in [2.45, 2.75) is 76.9 Å². The summed E-state index contributed by atoms with van der Waals surface area (Å²) in [5.41, 5.74) is 1.83. The molecule has 0 aliphatic heterocycles. The molecule has 2 N–H and O–H groups in total. The predicted octanol–water partition coefficient (Wildman–Crippen LogP) is 6.45. The minimum absolute atomic E-state index is 0.0197. The molecule has 0 heterocycles. The summed E-state index contributed by atoms with van der Waals surface area (Å²) < 4.78 is 11.6. The van der Waals surface area contributed by atoms with Gasteiger partial charge in [0.05, 0.1) is 12.5 Å². The Morgan fingerprint density at radius 1 is 0.865 bits per heavy atom. The number of carbonyl (C=O) groups is 2. The number of rotatable bonds is 10. The Balaban J connectivity index is 1.48. The lowest BCUT2D eigenvalue weighted by Gasteiger charge is -2.18. The first-order chi connectivity index (χ1) is 17.9. The van der Waals surface area contributed by atoms with E-state index in [0.717, 1.165) is 53.3 Å². The largest absolute Gasteiger partial charge is 0.491 e. The van der Waals surface area contributed by atoms with Gasteiger partial charge in [0, 0.05) is 12.0 Å². The Bertz CT molecular complexity index is 1200. The number of fused-ring (bicyclic) bond motifs is 1. The molecule has 0 bridgehead atoms. The molecule has 4 rings (SSSR count). The lowest BCUT2D eigenvalue weighted by Crippen LogP contribution is -2.37. The molecule has 1 unspecified atom stereocenters. The first-order valence-corrected chi connectivity index (χ1v) is 13.3. The van der Waals surface area contributed by atoms with Gasteiger partial charge in [0.1, 0.15) is 11.5 Å². The fourth-order valence-corrected chi connectivity index (χ4v) is 5.05. The van der Waals surface area contributed by atoms with Crippen molar-refractivity contribution in [2.24, 2.45) is 0 Å². The minimum atomic E-state index is -0.857. The van der Waals surface area contributed by atoms with Gasteiger partial charge in [0.25, 0.3) is 5.91 Å². The van der Waals surface area contributed by atoms with Crippen LogP contribution in [0.4, 0.5) is 0 Å². The van der Waals surface area contributed by atoms with Gasteiger partial charge in [-0.15, -0.1) is 0 Å². The molecule has 0 aromatic heterocycles. The van der Waals surface area contributed by atoms with Crippen molar-refractivity contribution in [1.29, 1.82) is 0 Å². The molecule has 37 heavy (non-hydrogen) atoms. The average Bonchev–Trinajstić information content (AvgIpc) is 3.14. The third-order valence-corrected chi connectivity index (χ3v) is 6.86. The third kappa shape index (κ3) is 7.72. The lowest BCUT2D eigenvalue weighted by molar-refractivity contribution is -0.137. The zero-order valence-corrected chi connectivity index (χ0v) is 21.7. The smallest absolute Gasteiger partial charge is 0.304 e. The Kier molecular flexibility index (Phi) is 9.04. The number of ether oxygens (including phenoxy) is 2. The van der Waals surface area contributed by atoms with E-state index in [-0.39, 0.29) is 37.0 Å². The molecule has 3 aromatic carbocycles. The quantitative estimate of drug-likeness (QED) is 0.311. The van der Waals surface area contributed by atoms with E-state index in [4.69, 9.17) is 9.47 Å². The molecule has 0 saturated heterocycles. The van der Waals surface area contributed by atoms with Crippen LogP contribution in [0.2, 0.25) is 0 Å². The highest BCUT2D eigenvalue weighted by atomic mass is 16.5. The summed E-state index contributed by atoms with van der Waals surface area (Å²) in [6, 6.07) is 19.6. The normalized spacial score (nSPS) is 15.2. The molecule has 6 nitrogen and oxygen atoms in total. The Morgan fingerprint density at radius 2 is 1.51 bits per heavy atom.